The van der Waals surface area contributed by atoms with E-state index in [0.717, 1.165) is 44.0 Å². The molecular formula is C19H32N4O. The normalized spacial score (nSPS) is 16.2. The molecule has 24 heavy (non-hydrogen) atoms. The molecule has 0 spiro atoms. The van der Waals surface area contributed by atoms with Crippen LogP contribution in [0.3, 0.4) is 0 Å². The zero-order valence-electron chi connectivity index (χ0n) is 15.4. The molecule has 0 bridgehead atoms. The number of hydrogen-bond acceptors (Lipinski definition) is 4. The fourth-order valence-corrected chi connectivity index (χ4v) is 3.53. The summed E-state index contributed by atoms with van der Waals surface area (Å²) in [5, 5.41) is 3.13. The van der Waals surface area contributed by atoms with Crippen molar-refractivity contribution in [1.29, 1.82) is 0 Å². The summed E-state index contributed by atoms with van der Waals surface area (Å²) in [6.45, 7) is 10.8. The molecule has 0 aromatic carbocycles. The Morgan fingerprint density at radius 1 is 1.25 bits per heavy atom. The number of amides is 1. The van der Waals surface area contributed by atoms with Crippen LogP contribution in [0.2, 0.25) is 0 Å². The van der Waals surface area contributed by atoms with Crippen molar-refractivity contribution in [3.8, 4) is 0 Å². The summed E-state index contributed by atoms with van der Waals surface area (Å²) in [4.78, 5) is 21.8. The molecule has 1 amide bonds. The van der Waals surface area contributed by atoms with Crippen molar-refractivity contribution < 1.29 is 4.79 Å². The highest BCUT2D eigenvalue weighted by Crippen LogP contribution is 2.21. The first-order valence-corrected chi connectivity index (χ1v) is 9.41. The molecule has 1 aromatic rings. The molecule has 0 radical (unpaired) electrons. The van der Waals surface area contributed by atoms with E-state index >= 15 is 0 Å². The Kier molecular flexibility index (Phi) is 7.50. The number of carbonyl (C=O) groups is 1. The molecule has 1 aliphatic heterocycles. The summed E-state index contributed by atoms with van der Waals surface area (Å²) in [5.74, 6) is 1.16. The van der Waals surface area contributed by atoms with Crippen LogP contribution in [0.25, 0.3) is 0 Å². The van der Waals surface area contributed by atoms with E-state index in [2.05, 4.69) is 46.9 Å². The number of aromatic nitrogens is 1. The average molecular weight is 332 g/mol. The van der Waals surface area contributed by atoms with Crippen LogP contribution in [0.4, 0.5) is 5.82 Å². The van der Waals surface area contributed by atoms with Gasteiger partial charge in [0, 0.05) is 31.4 Å². The maximum Gasteiger partial charge on any atom is 0.237 e. The molecule has 1 aliphatic rings. The molecule has 134 valence electrons. The van der Waals surface area contributed by atoms with E-state index in [-0.39, 0.29) is 11.9 Å². The molecule has 5 heteroatoms. The van der Waals surface area contributed by atoms with E-state index < -0.39 is 0 Å². The highest BCUT2D eigenvalue weighted by molar-refractivity contribution is 5.81. The van der Waals surface area contributed by atoms with Gasteiger partial charge in [0.05, 0.1) is 6.04 Å². The highest BCUT2D eigenvalue weighted by atomic mass is 16.2. The maximum absolute atomic E-state index is 12.6. The predicted octanol–water partition coefficient (Wildman–Crippen LogP) is 2.81. The Hall–Kier alpha value is -1.62. The van der Waals surface area contributed by atoms with Crippen LogP contribution in [0.5, 0.6) is 0 Å². The van der Waals surface area contributed by atoms with Gasteiger partial charge in [0.1, 0.15) is 5.82 Å². The second-order valence-corrected chi connectivity index (χ2v) is 6.40. The summed E-state index contributed by atoms with van der Waals surface area (Å²) in [5.41, 5.74) is 1.11. The van der Waals surface area contributed by atoms with Crippen molar-refractivity contribution in [2.24, 2.45) is 0 Å². The van der Waals surface area contributed by atoms with Crippen LogP contribution in [0.1, 0.15) is 52.0 Å². The second-order valence-electron chi connectivity index (χ2n) is 6.40. The Balaban J connectivity index is 2.02. The van der Waals surface area contributed by atoms with Gasteiger partial charge in [0.25, 0.3) is 0 Å². The lowest BCUT2D eigenvalue weighted by molar-refractivity contribution is -0.126. The third kappa shape index (κ3) is 4.69. The van der Waals surface area contributed by atoms with Gasteiger partial charge < -0.3 is 10.2 Å². The number of anilines is 1. The smallest absolute Gasteiger partial charge is 0.237 e. The SMILES string of the molecule is CC[C@@H](C(=O)NCc1cccnc1N1CCCCC1)N(CC)CC. The number of piperidine rings is 1. The molecule has 0 unspecified atom stereocenters. The molecule has 1 saturated heterocycles. The summed E-state index contributed by atoms with van der Waals surface area (Å²) < 4.78 is 0. The molecule has 1 fully saturated rings. The second kappa shape index (κ2) is 9.62. The summed E-state index contributed by atoms with van der Waals surface area (Å²) >= 11 is 0. The Morgan fingerprint density at radius 3 is 2.58 bits per heavy atom. The highest BCUT2D eigenvalue weighted by Gasteiger charge is 2.22. The van der Waals surface area contributed by atoms with Crippen LogP contribution < -0.4 is 10.2 Å². The lowest BCUT2D eigenvalue weighted by atomic mass is 10.1. The predicted molar refractivity (Wildman–Crippen MR) is 99.1 cm³/mol. The first-order chi connectivity index (χ1) is 11.7. The quantitative estimate of drug-likeness (QED) is 0.795. The van der Waals surface area contributed by atoms with Crippen LogP contribution >= 0.6 is 0 Å². The van der Waals surface area contributed by atoms with Crippen molar-refractivity contribution >= 4 is 11.7 Å². The first kappa shape index (κ1) is 18.7. The lowest BCUT2D eigenvalue weighted by Crippen LogP contribution is -2.46. The van der Waals surface area contributed by atoms with Crippen LogP contribution in [-0.4, -0.2) is 48.0 Å². The zero-order chi connectivity index (χ0) is 17.4. The molecule has 1 atom stereocenters. The molecule has 2 heterocycles. The summed E-state index contributed by atoms with van der Waals surface area (Å²) in [6, 6.07) is 3.99. The number of rotatable bonds is 8. The lowest BCUT2D eigenvalue weighted by Gasteiger charge is -2.30. The number of hydrogen-bond donors (Lipinski definition) is 1. The fourth-order valence-electron chi connectivity index (χ4n) is 3.53. The van der Waals surface area contributed by atoms with Gasteiger partial charge in [-0.3, -0.25) is 9.69 Å². The van der Waals surface area contributed by atoms with Crippen molar-refractivity contribution in [3.05, 3.63) is 23.9 Å². The third-order valence-electron chi connectivity index (χ3n) is 4.92. The van der Waals surface area contributed by atoms with E-state index in [1.54, 1.807) is 0 Å². The average Bonchev–Trinajstić information content (AvgIpc) is 2.65. The molecule has 5 nitrogen and oxygen atoms in total. The molecular weight excluding hydrogens is 300 g/mol. The number of carbonyl (C=O) groups excluding carboxylic acids is 1. The number of likely N-dealkylation sites (N-methyl/N-ethyl adjacent to an activating group) is 1. The molecule has 2 rings (SSSR count). The van der Waals surface area contributed by atoms with Gasteiger partial charge in [-0.1, -0.05) is 26.8 Å². The Bertz CT molecular complexity index is 510. The summed E-state index contributed by atoms with van der Waals surface area (Å²) in [7, 11) is 0. The first-order valence-electron chi connectivity index (χ1n) is 9.41. The van der Waals surface area contributed by atoms with Crippen molar-refractivity contribution in [2.75, 3.05) is 31.1 Å². The zero-order valence-corrected chi connectivity index (χ0v) is 15.4. The number of nitrogens with zero attached hydrogens (tertiary/aromatic N) is 3. The van der Waals surface area contributed by atoms with Gasteiger partial charge in [-0.2, -0.15) is 0 Å². The summed E-state index contributed by atoms with van der Waals surface area (Å²) in [6.07, 6.45) is 6.43. The van der Waals surface area contributed by atoms with Crippen LogP contribution in [0, 0.1) is 0 Å². The monoisotopic (exact) mass is 332 g/mol. The van der Waals surface area contributed by atoms with Crippen LogP contribution in [0.15, 0.2) is 18.3 Å². The molecule has 0 saturated carbocycles. The standard InChI is InChI=1S/C19H32N4O/c1-4-17(22(5-2)6-3)19(24)21-15-16-11-10-12-20-18(16)23-13-8-7-9-14-23/h10-12,17H,4-9,13-15H2,1-3H3,(H,21,24)/t17-/m0/s1. The van der Waals surface area contributed by atoms with E-state index in [4.69, 9.17) is 0 Å². The van der Waals surface area contributed by atoms with E-state index in [1.165, 1.54) is 19.3 Å². The van der Waals surface area contributed by atoms with Gasteiger partial charge in [-0.05, 0) is 44.8 Å². The number of nitrogens with one attached hydrogen (secondary N) is 1. The molecule has 1 N–H and O–H groups in total. The maximum atomic E-state index is 12.6. The number of pyridine rings is 1. The Morgan fingerprint density at radius 2 is 1.96 bits per heavy atom. The van der Waals surface area contributed by atoms with E-state index in [1.807, 2.05) is 12.3 Å². The Labute approximate surface area is 146 Å². The topological polar surface area (TPSA) is 48.5 Å². The van der Waals surface area contributed by atoms with Gasteiger partial charge in [-0.15, -0.1) is 0 Å². The minimum atomic E-state index is -0.0462. The van der Waals surface area contributed by atoms with E-state index in [0.29, 0.717) is 6.54 Å². The van der Waals surface area contributed by atoms with E-state index in [9.17, 15) is 4.79 Å². The molecule has 1 aromatic heterocycles. The third-order valence-corrected chi connectivity index (χ3v) is 4.92. The minimum Gasteiger partial charge on any atom is -0.356 e. The molecule has 0 aliphatic carbocycles. The van der Waals surface area contributed by atoms with Crippen molar-refractivity contribution in [3.63, 3.8) is 0 Å². The van der Waals surface area contributed by atoms with Crippen molar-refractivity contribution in [2.45, 2.75) is 59.0 Å². The van der Waals surface area contributed by atoms with Gasteiger partial charge in [0.15, 0.2) is 0 Å². The largest absolute Gasteiger partial charge is 0.356 e. The van der Waals surface area contributed by atoms with Gasteiger partial charge in [0.2, 0.25) is 5.91 Å². The van der Waals surface area contributed by atoms with Gasteiger partial charge >= 0.3 is 0 Å². The van der Waals surface area contributed by atoms with Gasteiger partial charge in [-0.25, -0.2) is 4.98 Å². The minimum absolute atomic E-state index is 0.0462. The van der Waals surface area contributed by atoms with Crippen molar-refractivity contribution in [1.82, 2.24) is 15.2 Å². The fraction of sp³-hybridized carbons (Fsp3) is 0.684. The van der Waals surface area contributed by atoms with Crippen LogP contribution in [-0.2, 0) is 11.3 Å².